The molecule has 2 fully saturated rings. The summed E-state index contributed by atoms with van der Waals surface area (Å²) in [5.41, 5.74) is 0.886. The minimum atomic E-state index is -0.275. The van der Waals surface area contributed by atoms with Crippen molar-refractivity contribution >= 4 is 21.7 Å². The summed E-state index contributed by atoms with van der Waals surface area (Å²) in [6.07, 6.45) is 8.24. The number of hydrogen-bond acceptors (Lipinski definition) is 4. The van der Waals surface area contributed by atoms with Crippen molar-refractivity contribution in [1.29, 1.82) is 0 Å². The van der Waals surface area contributed by atoms with Crippen LogP contribution in [0.3, 0.4) is 0 Å². The lowest BCUT2D eigenvalue weighted by Crippen LogP contribution is -2.35. The first-order chi connectivity index (χ1) is 10.2. The van der Waals surface area contributed by atoms with Gasteiger partial charge in [0, 0.05) is 19.6 Å². The van der Waals surface area contributed by atoms with Gasteiger partial charge in [0.15, 0.2) is 5.82 Å². The van der Waals surface area contributed by atoms with Crippen molar-refractivity contribution in [3.8, 4) is 0 Å². The predicted octanol–water partition coefficient (Wildman–Crippen LogP) is 4.35. The minimum absolute atomic E-state index is 0.275. The van der Waals surface area contributed by atoms with E-state index >= 15 is 0 Å². The number of nitrogens with zero attached hydrogens (tertiary/aromatic N) is 2. The number of anilines is 1. The van der Waals surface area contributed by atoms with E-state index in [1.807, 2.05) is 7.05 Å². The molecule has 2 aliphatic carbocycles. The summed E-state index contributed by atoms with van der Waals surface area (Å²) in [5, 5.41) is 3.20. The molecule has 5 heteroatoms. The molecule has 1 aromatic rings. The lowest BCUT2D eigenvalue weighted by molar-refractivity contribution is -0.0767. The molecule has 4 nitrogen and oxygen atoms in total. The van der Waals surface area contributed by atoms with Crippen LogP contribution in [0, 0.1) is 0 Å². The van der Waals surface area contributed by atoms with Crippen LogP contribution in [0.2, 0.25) is 0 Å². The van der Waals surface area contributed by atoms with Crippen LogP contribution in [0.5, 0.6) is 0 Å². The fraction of sp³-hybridized carbons (Fsp3) is 0.750. The second kappa shape index (κ2) is 6.21. The highest BCUT2D eigenvalue weighted by Crippen LogP contribution is 2.46. The van der Waals surface area contributed by atoms with Crippen LogP contribution in [0.15, 0.2) is 4.47 Å². The monoisotopic (exact) mass is 353 g/mol. The van der Waals surface area contributed by atoms with E-state index in [1.165, 1.54) is 32.1 Å². The second-order valence-electron chi connectivity index (χ2n) is 6.11. The van der Waals surface area contributed by atoms with Crippen molar-refractivity contribution in [1.82, 2.24) is 9.97 Å². The number of aromatic nitrogens is 2. The molecule has 0 saturated heterocycles. The Labute approximate surface area is 135 Å². The molecule has 0 spiro atoms. The molecule has 2 saturated carbocycles. The van der Waals surface area contributed by atoms with Crippen molar-refractivity contribution in [3.63, 3.8) is 0 Å². The maximum atomic E-state index is 6.18. The Morgan fingerprint density at radius 2 is 1.95 bits per heavy atom. The van der Waals surface area contributed by atoms with Crippen LogP contribution in [0.1, 0.15) is 69.3 Å². The SMILES string of the molecule is CCOC1(c2nc(NC)c(Br)c(C3CC3)n2)CCCCC1. The van der Waals surface area contributed by atoms with Crippen molar-refractivity contribution in [3.05, 3.63) is 16.0 Å². The smallest absolute Gasteiger partial charge is 0.162 e. The second-order valence-corrected chi connectivity index (χ2v) is 6.90. The van der Waals surface area contributed by atoms with E-state index in [-0.39, 0.29) is 5.60 Å². The lowest BCUT2D eigenvalue weighted by atomic mass is 9.83. The summed E-state index contributed by atoms with van der Waals surface area (Å²) in [6.45, 7) is 2.78. The molecular formula is C16H24BrN3O. The summed E-state index contributed by atoms with van der Waals surface area (Å²) in [7, 11) is 1.92. The molecule has 3 rings (SSSR count). The van der Waals surface area contributed by atoms with Gasteiger partial charge in [-0.3, -0.25) is 0 Å². The zero-order valence-electron chi connectivity index (χ0n) is 12.9. The highest BCUT2D eigenvalue weighted by atomic mass is 79.9. The third-order valence-electron chi connectivity index (χ3n) is 4.57. The van der Waals surface area contributed by atoms with Gasteiger partial charge in [0.1, 0.15) is 11.4 Å². The Morgan fingerprint density at radius 3 is 2.52 bits per heavy atom. The molecule has 0 unspecified atom stereocenters. The van der Waals surface area contributed by atoms with Crippen LogP contribution in [-0.4, -0.2) is 23.6 Å². The number of hydrogen-bond donors (Lipinski definition) is 1. The first-order valence-corrected chi connectivity index (χ1v) is 8.89. The van der Waals surface area contributed by atoms with Crippen LogP contribution >= 0.6 is 15.9 Å². The lowest BCUT2D eigenvalue weighted by Gasteiger charge is -2.36. The van der Waals surface area contributed by atoms with E-state index in [9.17, 15) is 0 Å². The van der Waals surface area contributed by atoms with Crippen molar-refractivity contribution < 1.29 is 4.74 Å². The zero-order valence-corrected chi connectivity index (χ0v) is 14.5. The van der Waals surface area contributed by atoms with Gasteiger partial charge >= 0.3 is 0 Å². The Balaban J connectivity index is 2.04. The maximum absolute atomic E-state index is 6.18. The van der Waals surface area contributed by atoms with Gasteiger partial charge in [-0.2, -0.15) is 0 Å². The van der Waals surface area contributed by atoms with Gasteiger partial charge in [-0.1, -0.05) is 19.3 Å². The molecule has 0 bridgehead atoms. The molecule has 1 heterocycles. The summed E-state index contributed by atoms with van der Waals surface area (Å²) in [4.78, 5) is 9.72. The molecule has 0 radical (unpaired) electrons. The summed E-state index contributed by atoms with van der Waals surface area (Å²) in [5.74, 6) is 2.38. The predicted molar refractivity (Wildman–Crippen MR) is 87.6 cm³/mol. The summed E-state index contributed by atoms with van der Waals surface area (Å²) < 4.78 is 7.21. The first kappa shape index (κ1) is 15.2. The van der Waals surface area contributed by atoms with Crippen LogP contribution < -0.4 is 5.32 Å². The first-order valence-electron chi connectivity index (χ1n) is 8.10. The van der Waals surface area contributed by atoms with Gasteiger partial charge in [-0.05, 0) is 48.5 Å². The van der Waals surface area contributed by atoms with Crippen molar-refractivity contribution in [2.45, 2.75) is 63.4 Å². The fourth-order valence-electron chi connectivity index (χ4n) is 3.29. The molecule has 1 N–H and O–H groups in total. The van der Waals surface area contributed by atoms with Gasteiger partial charge in [0.2, 0.25) is 0 Å². The Kier molecular flexibility index (Phi) is 4.50. The quantitative estimate of drug-likeness (QED) is 0.854. The Hall–Kier alpha value is -0.680. The molecular weight excluding hydrogens is 330 g/mol. The molecule has 116 valence electrons. The highest BCUT2D eigenvalue weighted by molar-refractivity contribution is 9.10. The van der Waals surface area contributed by atoms with E-state index in [0.29, 0.717) is 12.5 Å². The molecule has 21 heavy (non-hydrogen) atoms. The van der Waals surface area contributed by atoms with Gasteiger partial charge in [0.05, 0.1) is 10.2 Å². The van der Waals surface area contributed by atoms with E-state index in [4.69, 9.17) is 14.7 Å². The molecule has 0 aromatic carbocycles. The van der Waals surface area contributed by atoms with Gasteiger partial charge < -0.3 is 10.1 Å². The molecule has 0 aliphatic heterocycles. The van der Waals surface area contributed by atoms with Gasteiger partial charge in [0.25, 0.3) is 0 Å². The third kappa shape index (κ3) is 2.95. The van der Waals surface area contributed by atoms with Crippen LogP contribution in [-0.2, 0) is 10.3 Å². The zero-order chi connectivity index (χ0) is 14.9. The van der Waals surface area contributed by atoms with E-state index in [0.717, 1.165) is 34.7 Å². The fourth-order valence-corrected chi connectivity index (χ4v) is 3.99. The van der Waals surface area contributed by atoms with Crippen molar-refractivity contribution in [2.75, 3.05) is 19.0 Å². The third-order valence-corrected chi connectivity index (χ3v) is 5.35. The number of halogens is 1. The Morgan fingerprint density at radius 1 is 1.24 bits per heavy atom. The topological polar surface area (TPSA) is 47.0 Å². The molecule has 0 amide bonds. The van der Waals surface area contributed by atoms with Gasteiger partial charge in [-0.25, -0.2) is 9.97 Å². The molecule has 1 aromatic heterocycles. The van der Waals surface area contributed by atoms with E-state index in [1.54, 1.807) is 0 Å². The standard InChI is InChI=1S/C16H24BrN3O/c1-3-21-16(9-5-4-6-10-16)15-19-13(11-7-8-11)12(17)14(18-2)20-15/h11H,3-10H2,1-2H3,(H,18,19,20). The van der Waals surface area contributed by atoms with E-state index < -0.39 is 0 Å². The minimum Gasteiger partial charge on any atom is -0.372 e. The van der Waals surface area contributed by atoms with Crippen LogP contribution in [0.4, 0.5) is 5.82 Å². The molecule has 0 atom stereocenters. The maximum Gasteiger partial charge on any atom is 0.162 e. The Bertz CT molecular complexity index is 505. The average Bonchev–Trinajstić information content (AvgIpc) is 3.33. The number of ether oxygens (including phenoxy) is 1. The molecule has 2 aliphatic rings. The van der Waals surface area contributed by atoms with E-state index in [2.05, 4.69) is 28.2 Å². The average molecular weight is 354 g/mol. The van der Waals surface area contributed by atoms with Gasteiger partial charge in [-0.15, -0.1) is 0 Å². The summed E-state index contributed by atoms with van der Waals surface area (Å²) >= 11 is 3.67. The summed E-state index contributed by atoms with van der Waals surface area (Å²) in [6, 6.07) is 0. The largest absolute Gasteiger partial charge is 0.372 e. The van der Waals surface area contributed by atoms with Crippen LogP contribution in [0.25, 0.3) is 0 Å². The highest BCUT2D eigenvalue weighted by Gasteiger charge is 2.39. The van der Waals surface area contributed by atoms with Crippen molar-refractivity contribution in [2.24, 2.45) is 0 Å². The number of rotatable bonds is 5. The number of nitrogens with one attached hydrogen (secondary N) is 1. The normalized spacial score (nSPS) is 21.3.